The Hall–Kier alpha value is -0.860. The SMILES string of the molecule is CCC1CCCC1(CN)N(C)Cc1ccc(C)cc1. The van der Waals surface area contributed by atoms with Gasteiger partial charge in [-0.15, -0.1) is 0 Å². The molecule has 1 aliphatic carbocycles. The van der Waals surface area contributed by atoms with Crippen molar-refractivity contribution in [1.82, 2.24) is 4.90 Å². The summed E-state index contributed by atoms with van der Waals surface area (Å²) in [6, 6.07) is 8.88. The van der Waals surface area contributed by atoms with E-state index in [1.165, 1.54) is 36.8 Å². The average molecular weight is 260 g/mol. The zero-order chi connectivity index (χ0) is 13.9. The Morgan fingerprint density at radius 3 is 2.58 bits per heavy atom. The van der Waals surface area contributed by atoms with Crippen LogP contribution in [0.1, 0.15) is 43.7 Å². The Kier molecular flexibility index (Phi) is 4.64. The van der Waals surface area contributed by atoms with E-state index in [-0.39, 0.29) is 5.54 Å². The van der Waals surface area contributed by atoms with Gasteiger partial charge in [0.15, 0.2) is 0 Å². The molecule has 0 amide bonds. The Bertz CT molecular complexity index is 398. The predicted octanol–water partition coefficient (Wildman–Crippen LogP) is 3.33. The van der Waals surface area contributed by atoms with E-state index in [4.69, 9.17) is 5.73 Å². The average Bonchev–Trinajstić information content (AvgIpc) is 2.85. The van der Waals surface area contributed by atoms with Gasteiger partial charge in [0, 0.05) is 18.6 Å². The summed E-state index contributed by atoms with van der Waals surface area (Å²) in [5.74, 6) is 0.757. The molecule has 0 aliphatic heterocycles. The van der Waals surface area contributed by atoms with Crippen molar-refractivity contribution in [1.29, 1.82) is 0 Å². The first-order valence-corrected chi connectivity index (χ1v) is 7.59. The number of hydrogen-bond donors (Lipinski definition) is 1. The number of nitrogens with two attached hydrogens (primary N) is 1. The van der Waals surface area contributed by atoms with Crippen LogP contribution >= 0.6 is 0 Å². The highest BCUT2D eigenvalue weighted by Gasteiger charge is 2.43. The van der Waals surface area contributed by atoms with Crippen molar-refractivity contribution in [3.63, 3.8) is 0 Å². The minimum absolute atomic E-state index is 0.222. The van der Waals surface area contributed by atoms with Crippen molar-refractivity contribution in [3.8, 4) is 0 Å². The minimum atomic E-state index is 0.222. The third kappa shape index (κ3) is 2.85. The lowest BCUT2D eigenvalue weighted by atomic mass is 9.83. The molecular weight excluding hydrogens is 232 g/mol. The summed E-state index contributed by atoms with van der Waals surface area (Å²) in [5, 5.41) is 0. The zero-order valence-electron chi connectivity index (χ0n) is 12.7. The van der Waals surface area contributed by atoms with Gasteiger partial charge in [0.25, 0.3) is 0 Å². The number of aryl methyl sites for hydroxylation is 1. The molecule has 2 nitrogen and oxygen atoms in total. The van der Waals surface area contributed by atoms with Gasteiger partial charge in [-0.05, 0) is 38.3 Å². The third-order valence-electron chi connectivity index (χ3n) is 5.07. The molecule has 0 aromatic heterocycles. The Morgan fingerprint density at radius 1 is 1.32 bits per heavy atom. The third-order valence-corrected chi connectivity index (χ3v) is 5.07. The molecule has 1 aliphatic rings. The van der Waals surface area contributed by atoms with Crippen molar-refractivity contribution in [2.75, 3.05) is 13.6 Å². The molecule has 2 atom stereocenters. The maximum atomic E-state index is 6.17. The first-order valence-electron chi connectivity index (χ1n) is 7.59. The number of rotatable bonds is 5. The molecule has 0 heterocycles. The standard InChI is InChI=1S/C17H28N2/c1-4-16-6-5-11-17(16,13-18)19(3)12-15-9-7-14(2)8-10-15/h7-10,16H,4-6,11-13,18H2,1-3H3. The maximum Gasteiger partial charge on any atom is 0.0360 e. The van der Waals surface area contributed by atoms with Crippen LogP contribution in [0.5, 0.6) is 0 Å². The van der Waals surface area contributed by atoms with Crippen LogP contribution in [-0.4, -0.2) is 24.0 Å². The van der Waals surface area contributed by atoms with E-state index in [0.717, 1.165) is 19.0 Å². The Labute approximate surface area is 118 Å². The van der Waals surface area contributed by atoms with Crippen molar-refractivity contribution >= 4 is 0 Å². The topological polar surface area (TPSA) is 29.3 Å². The lowest BCUT2D eigenvalue weighted by Crippen LogP contribution is -2.54. The van der Waals surface area contributed by atoms with Crippen LogP contribution in [-0.2, 0) is 6.54 Å². The van der Waals surface area contributed by atoms with E-state index in [9.17, 15) is 0 Å². The summed E-state index contributed by atoms with van der Waals surface area (Å²) >= 11 is 0. The summed E-state index contributed by atoms with van der Waals surface area (Å²) in [6.07, 6.45) is 5.17. The molecule has 0 bridgehead atoms. The van der Waals surface area contributed by atoms with Gasteiger partial charge < -0.3 is 5.73 Å². The Balaban J connectivity index is 2.12. The van der Waals surface area contributed by atoms with E-state index >= 15 is 0 Å². The molecule has 0 radical (unpaired) electrons. The lowest BCUT2D eigenvalue weighted by molar-refractivity contribution is 0.0747. The van der Waals surface area contributed by atoms with E-state index in [0.29, 0.717) is 0 Å². The van der Waals surface area contributed by atoms with Crippen molar-refractivity contribution in [2.45, 2.75) is 51.6 Å². The molecule has 2 heteroatoms. The van der Waals surface area contributed by atoms with Gasteiger partial charge in [0.1, 0.15) is 0 Å². The number of benzene rings is 1. The quantitative estimate of drug-likeness (QED) is 0.880. The molecule has 0 saturated heterocycles. The molecule has 1 fully saturated rings. The number of nitrogens with zero attached hydrogens (tertiary/aromatic N) is 1. The smallest absolute Gasteiger partial charge is 0.0360 e. The summed E-state index contributed by atoms with van der Waals surface area (Å²) < 4.78 is 0. The van der Waals surface area contributed by atoms with Crippen LogP contribution in [0.2, 0.25) is 0 Å². The van der Waals surface area contributed by atoms with Gasteiger partial charge in [0.05, 0.1) is 0 Å². The molecule has 1 aromatic rings. The fourth-order valence-electron chi connectivity index (χ4n) is 3.76. The van der Waals surface area contributed by atoms with Crippen LogP contribution in [0, 0.1) is 12.8 Å². The van der Waals surface area contributed by atoms with E-state index in [1.807, 2.05) is 0 Å². The van der Waals surface area contributed by atoms with Crippen molar-refractivity contribution < 1.29 is 0 Å². The monoisotopic (exact) mass is 260 g/mol. The Morgan fingerprint density at radius 2 is 2.00 bits per heavy atom. The summed E-state index contributed by atoms with van der Waals surface area (Å²) in [4.78, 5) is 2.51. The van der Waals surface area contributed by atoms with Crippen molar-refractivity contribution in [3.05, 3.63) is 35.4 Å². The molecule has 2 rings (SSSR count). The van der Waals surface area contributed by atoms with Crippen LogP contribution in [0.15, 0.2) is 24.3 Å². The normalized spacial score (nSPS) is 27.1. The first kappa shape index (κ1) is 14.5. The highest BCUT2D eigenvalue weighted by molar-refractivity contribution is 5.21. The first-order chi connectivity index (χ1) is 9.12. The molecule has 19 heavy (non-hydrogen) atoms. The molecule has 2 unspecified atom stereocenters. The highest BCUT2D eigenvalue weighted by atomic mass is 15.2. The fraction of sp³-hybridized carbons (Fsp3) is 0.647. The summed E-state index contributed by atoms with van der Waals surface area (Å²) in [5.41, 5.74) is 9.11. The fourth-order valence-corrected chi connectivity index (χ4v) is 3.76. The summed E-state index contributed by atoms with van der Waals surface area (Å²) in [7, 11) is 2.25. The van der Waals surface area contributed by atoms with Gasteiger partial charge in [-0.3, -0.25) is 4.90 Å². The zero-order valence-corrected chi connectivity index (χ0v) is 12.7. The molecule has 1 aromatic carbocycles. The van der Waals surface area contributed by atoms with Crippen molar-refractivity contribution in [2.24, 2.45) is 11.7 Å². The van der Waals surface area contributed by atoms with E-state index in [1.54, 1.807) is 0 Å². The van der Waals surface area contributed by atoms with E-state index < -0.39 is 0 Å². The number of likely N-dealkylation sites (N-methyl/N-ethyl adjacent to an activating group) is 1. The molecule has 2 N–H and O–H groups in total. The van der Waals surface area contributed by atoms with Gasteiger partial charge in [-0.25, -0.2) is 0 Å². The largest absolute Gasteiger partial charge is 0.329 e. The molecule has 1 saturated carbocycles. The summed E-state index contributed by atoms with van der Waals surface area (Å²) in [6.45, 7) is 6.24. The highest BCUT2D eigenvalue weighted by Crippen LogP contribution is 2.41. The second-order valence-corrected chi connectivity index (χ2v) is 6.15. The van der Waals surface area contributed by atoms with Gasteiger partial charge in [-0.1, -0.05) is 49.6 Å². The van der Waals surface area contributed by atoms with Crippen LogP contribution in [0.3, 0.4) is 0 Å². The van der Waals surface area contributed by atoms with Crippen LogP contribution in [0.25, 0.3) is 0 Å². The lowest BCUT2D eigenvalue weighted by Gasteiger charge is -2.43. The van der Waals surface area contributed by atoms with Gasteiger partial charge >= 0.3 is 0 Å². The maximum absolute atomic E-state index is 6.17. The molecule has 106 valence electrons. The predicted molar refractivity (Wildman–Crippen MR) is 82.1 cm³/mol. The van der Waals surface area contributed by atoms with Gasteiger partial charge in [0.2, 0.25) is 0 Å². The van der Waals surface area contributed by atoms with E-state index in [2.05, 4.69) is 50.1 Å². The molecular formula is C17H28N2. The second kappa shape index (κ2) is 6.06. The van der Waals surface area contributed by atoms with Crippen LogP contribution in [0.4, 0.5) is 0 Å². The van der Waals surface area contributed by atoms with Crippen LogP contribution < -0.4 is 5.73 Å². The number of hydrogen-bond acceptors (Lipinski definition) is 2. The second-order valence-electron chi connectivity index (χ2n) is 6.15. The van der Waals surface area contributed by atoms with Gasteiger partial charge in [-0.2, -0.15) is 0 Å². The molecule has 0 spiro atoms. The minimum Gasteiger partial charge on any atom is -0.329 e.